The quantitative estimate of drug-likeness (QED) is 0.846. The van der Waals surface area contributed by atoms with E-state index in [0.29, 0.717) is 25.2 Å². The molecule has 1 aliphatic heterocycles. The highest BCUT2D eigenvalue weighted by atomic mass is 16.2. The number of amides is 4. The molecule has 1 saturated heterocycles. The highest BCUT2D eigenvalue weighted by molar-refractivity contribution is 6.05. The van der Waals surface area contributed by atoms with E-state index in [1.165, 1.54) is 17.0 Å². The van der Waals surface area contributed by atoms with Crippen LogP contribution < -0.4 is 5.32 Å². The Kier molecular flexibility index (Phi) is 4.96. The molecule has 7 nitrogen and oxygen atoms in total. The molecule has 1 unspecified atom stereocenters. The van der Waals surface area contributed by atoms with E-state index < -0.39 is 18.0 Å². The normalized spacial score (nSPS) is 15.5. The molecule has 1 heterocycles. The molecule has 23 heavy (non-hydrogen) atoms. The van der Waals surface area contributed by atoms with Crippen molar-refractivity contribution < 1.29 is 14.4 Å². The molecule has 1 aliphatic rings. The van der Waals surface area contributed by atoms with Crippen LogP contribution in [0.4, 0.5) is 4.79 Å². The zero-order valence-corrected chi connectivity index (χ0v) is 13.1. The van der Waals surface area contributed by atoms with E-state index in [4.69, 9.17) is 5.26 Å². The summed E-state index contributed by atoms with van der Waals surface area (Å²) in [4.78, 5) is 38.8. The van der Waals surface area contributed by atoms with Gasteiger partial charge in [0.25, 0.3) is 11.8 Å². The minimum atomic E-state index is -0.579. The van der Waals surface area contributed by atoms with E-state index in [1.54, 1.807) is 17.0 Å². The number of hydrogen-bond acceptors (Lipinski definition) is 4. The average Bonchev–Trinajstić information content (AvgIpc) is 3.36. The molecule has 0 aromatic heterocycles. The molecule has 0 spiro atoms. The van der Waals surface area contributed by atoms with Crippen LogP contribution in [0.15, 0.2) is 24.3 Å². The maximum atomic E-state index is 12.2. The maximum Gasteiger partial charge on any atom is 0.325 e. The van der Waals surface area contributed by atoms with Gasteiger partial charge in [0.05, 0.1) is 12.6 Å². The van der Waals surface area contributed by atoms with Crippen molar-refractivity contribution >= 4 is 17.8 Å². The number of nitrogens with one attached hydrogen (secondary N) is 1. The Morgan fingerprint density at radius 3 is 2.26 bits per heavy atom. The minimum Gasteiger partial charge on any atom is -0.339 e. The van der Waals surface area contributed by atoms with Crippen molar-refractivity contribution in [2.75, 3.05) is 19.6 Å². The van der Waals surface area contributed by atoms with Gasteiger partial charge in [0, 0.05) is 24.2 Å². The molecule has 1 fully saturated rings. The standard InChI is InChI=1S/C16H18N4O3/c1-3-19(4-2)15(22)12-7-5-11(6-8-12)14(21)18-16(23)20-10-13(20)9-17/h5-8,13H,3-4,10H2,1-2H3,(H,18,21,23). The van der Waals surface area contributed by atoms with Crippen molar-refractivity contribution in [1.82, 2.24) is 15.1 Å². The van der Waals surface area contributed by atoms with Crippen molar-refractivity contribution in [3.05, 3.63) is 35.4 Å². The number of urea groups is 1. The van der Waals surface area contributed by atoms with Gasteiger partial charge in [-0.1, -0.05) is 0 Å². The van der Waals surface area contributed by atoms with E-state index >= 15 is 0 Å². The van der Waals surface area contributed by atoms with Crippen molar-refractivity contribution in [2.45, 2.75) is 19.9 Å². The fraction of sp³-hybridized carbons (Fsp3) is 0.375. The first-order valence-electron chi connectivity index (χ1n) is 7.42. The van der Waals surface area contributed by atoms with Gasteiger partial charge in [0.2, 0.25) is 0 Å². The van der Waals surface area contributed by atoms with Gasteiger partial charge in [-0.15, -0.1) is 0 Å². The second-order valence-corrected chi connectivity index (χ2v) is 5.11. The van der Waals surface area contributed by atoms with E-state index in [0.717, 1.165) is 0 Å². The Bertz CT molecular complexity index is 659. The molecule has 1 aromatic carbocycles. The molecule has 0 saturated carbocycles. The summed E-state index contributed by atoms with van der Waals surface area (Å²) in [7, 11) is 0. The molecule has 0 radical (unpaired) electrons. The van der Waals surface area contributed by atoms with Crippen LogP contribution in [0, 0.1) is 11.3 Å². The summed E-state index contributed by atoms with van der Waals surface area (Å²) in [5.41, 5.74) is 0.775. The molecule has 1 aromatic rings. The Hall–Kier alpha value is -2.88. The second-order valence-electron chi connectivity index (χ2n) is 5.11. The predicted molar refractivity (Wildman–Crippen MR) is 82.7 cm³/mol. The SMILES string of the molecule is CCN(CC)C(=O)c1ccc(C(=O)NC(=O)N2CC2C#N)cc1. The topological polar surface area (TPSA) is 93.3 Å². The molecule has 0 aliphatic carbocycles. The van der Waals surface area contributed by atoms with Gasteiger partial charge in [-0.25, -0.2) is 4.79 Å². The third-order valence-electron chi connectivity index (χ3n) is 3.69. The summed E-state index contributed by atoms with van der Waals surface area (Å²) in [6.07, 6.45) is 0. The van der Waals surface area contributed by atoms with Gasteiger partial charge in [0.15, 0.2) is 0 Å². The number of nitriles is 1. The highest BCUT2D eigenvalue weighted by Crippen LogP contribution is 2.16. The predicted octanol–water partition coefficient (Wildman–Crippen LogP) is 1.23. The van der Waals surface area contributed by atoms with Crippen molar-refractivity contribution in [2.24, 2.45) is 0 Å². The molecule has 120 valence electrons. The molecule has 7 heteroatoms. The number of carbonyl (C=O) groups excluding carboxylic acids is 3. The Morgan fingerprint density at radius 1 is 1.22 bits per heavy atom. The van der Waals surface area contributed by atoms with Gasteiger partial charge >= 0.3 is 6.03 Å². The van der Waals surface area contributed by atoms with Crippen molar-refractivity contribution in [1.29, 1.82) is 5.26 Å². The number of rotatable bonds is 4. The van der Waals surface area contributed by atoms with Gasteiger partial charge < -0.3 is 9.80 Å². The van der Waals surface area contributed by atoms with Crippen LogP contribution in [0.1, 0.15) is 34.6 Å². The lowest BCUT2D eigenvalue weighted by atomic mass is 10.1. The summed E-state index contributed by atoms with van der Waals surface area (Å²) in [5.74, 6) is -0.653. The maximum absolute atomic E-state index is 12.2. The molecule has 2 rings (SSSR count). The van der Waals surface area contributed by atoms with Crippen LogP contribution in [-0.2, 0) is 0 Å². The fourth-order valence-electron chi connectivity index (χ4n) is 2.17. The lowest BCUT2D eigenvalue weighted by Crippen LogP contribution is -2.35. The minimum absolute atomic E-state index is 0.0982. The zero-order chi connectivity index (χ0) is 17.0. The van der Waals surface area contributed by atoms with Gasteiger partial charge in [0.1, 0.15) is 6.04 Å². The zero-order valence-electron chi connectivity index (χ0n) is 13.1. The van der Waals surface area contributed by atoms with Crippen LogP contribution in [0.5, 0.6) is 0 Å². The van der Waals surface area contributed by atoms with E-state index in [9.17, 15) is 14.4 Å². The smallest absolute Gasteiger partial charge is 0.325 e. The number of carbonyl (C=O) groups is 3. The number of nitrogens with zero attached hydrogens (tertiary/aromatic N) is 3. The molecule has 1 N–H and O–H groups in total. The molecule has 1 atom stereocenters. The number of hydrogen-bond donors (Lipinski definition) is 1. The Labute approximate surface area is 134 Å². The Balaban J connectivity index is 1.99. The summed E-state index contributed by atoms with van der Waals surface area (Å²) < 4.78 is 0. The van der Waals surface area contributed by atoms with Gasteiger partial charge in [-0.2, -0.15) is 5.26 Å². The molecular weight excluding hydrogens is 296 g/mol. The first kappa shape index (κ1) is 16.5. The van der Waals surface area contributed by atoms with E-state index in [-0.39, 0.29) is 11.5 Å². The van der Waals surface area contributed by atoms with Crippen molar-refractivity contribution in [3.8, 4) is 6.07 Å². The fourth-order valence-corrected chi connectivity index (χ4v) is 2.17. The number of benzene rings is 1. The molecule has 4 amide bonds. The second kappa shape index (κ2) is 6.92. The van der Waals surface area contributed by atoms with Crippen LogP contribution >= 0.6 is 0 Å². The Morgan fingerprint density at radius 2 is 1.78 bits per heavy atom. The van der Waals surface area contributed by atoms with E-state index in [1.807, 2.05) is 19.9 Å². The third-order valence-corrected chi connectivity index (χ3v) is 3.69. The van der Waals surface area contributed by atoms with Crippen LogP contribution in [-0.4, -0.2) is 53.3 Å². The van der Waals surface area contributed by atoms with Crippen LogP contribution in [0.3, 0.4) is 0 Å². The summed E-state index contributed by atoms with van der Waals surface area (Å²) in [5, 5.41) is 10.9. The van der Waals surface area contributed by atoms with Gasteiger partial charge in [-0.05, 0) is 38.1 Å². The monoisotopic (exact) mass is 314 g/mol. The molecule has 0 bridgehead atoms. The van der Waals surface area contributed by atoms with Crippen LogP contribution in [0.2, 0.25) is 0 Å². The first-order valence-corrected chi connectivity index (χ1v) is 7.42. The van der Waals surface area contributed by atoms with Crippen molar-refractivity contribution in [3.63, 3.8) is 0 Å². The van der Waals surface area contributed by atoms with Crippen LogP contribution in [0.25, 0.3) is 0 Å². The lowest BCUT2D eigenvalue weighted by molar-refractivity contribution is 0.0772. The lowest BCUT2D eigenvalue weighted by Gasteiger charge is -2.18. The molecular formula is C16H18N4O3. The summed E-state index contributed by atoms with van der Waals surface area (Å²) in [6, 6.07) is 7.05. The largest absolute Gasteiger partial charge is 0.339 e. The average molecular weight is 314 g/mol. The first-order chi connectivity index (χ1) is 11.0. The number of imide groups is 1. The summed E-state index contributed by atoms with van der Waals surface area (Å²) >= 11 is 0. The highest BCUT2D eigenvalue weighted by Gasteiger charge is 2.39. The third kappa shape index (κ3) is 3.66. The van der Waals surface area contributed by atoms with Gasteiger partial charge in [-0.3, -0.25) is 14.9 Å². The summed E-state index contributed by atoms with van der Waals surface area (Å²) in [6.45, 7) is 5.37. The van der Waals surface area contributed by atoms with E-state index in [2.05, 4.69) is 5.32 Å².